The van der Waals surface area contributed by atoms with Crippen LogP contribution in [-0.4, -0.2) is 15.9 Å². The van der Waals surface area contributed by atoms with Crippen molar-refractivity contribution in [2.45, 2.75) is 6.54 Å². The maximum absolute atomic E-state index is 12.1. The van der Waals surface area contributed by atoms with Crippen molar-refractivity contribution >= 4 is 16.9 Å². The van der Waals surface area contributed by atoms with E-state index in [0.717, 1.165) is 0 Å². The van der Waals surface area contributed by atoms with Gasteiger partial charge in [-0.05, 0) is 24.3 Å². The van der Waals surface area contributed by atoms with Crippen molar-refractivity contribution in [1.82, 2.24) is 15.3 Å². The second kappa shape index (κ2) is 4.49. The Morgan fingerprint density at radius 2 is 2.11 bits per heavy atom. The SMILES string of the molecule is O=C(NCc1ccco1)c1cccc2[nH]c(=O)[nH]c12. The lowest BCUT2D eigenvalue weighted by molar-refractivity contribution is 0.0949. The number of hydrogen-bond acceptors (Lipinski definition) is 3. The van der Waals surface area contributed by atoms with E-state index in [2.05, 4.69) is 15.3 Å². The first-order valence-electron chi connectivity index (χ1n) is 5.75. The van der Waals surface area contributed by atoms with Crippen LogP contribution in [0.5, 0.6) is 0 Å². The number of hydrogen-bond donors (Lipinski definition) is 3. The zero-order valence-corrected chi connectivity index (χ0v) is 9.90. The number of aromatic amines is 2. The van der Waals surface area contributed by atoms with Crippen molar-refractivity contribution < 1.29 is 9.21 Å². The summed E-state index contributed by atoms with van der Waals surface area (Å²) in [5.74, 6) is 0.403. The summed E-state index contributed by atoms with van der Waals surface area (Å²) in [6.07, 6.45) is 1.55. The van der Waals surface area contributed by atoms with Crippen LogP contribution in [0.3, 0.4) is 0 Å². The van der Waals surface area contributed by atoms with Gasteiger partial charge in [0.25, 0.3) is 5.91 Å². The molecule has 0 spiro atoms. The van der Waals surface area contributed by atoms with Gasteiger partial charge in [0.15, 0.2) is 0 Å². The number of fused-ring (bicyclic) bond motifs is 1. The van der Waals surface area contributed by atoms with E-state index in [1.807, 2.05) is 0 Å². The normalized spacial score (nSPS) is 10.7. The topological polar surface area (TPSA) is 90.9 Å². The summed E-state index contributed by atoms with van der Waals surface area (Å²) in [5.41, 5.74) is 1.20. The zero-order valence-electron chi connectivity index (χ0n) is 9.90. The predicted molar refractivity (Wildman–Crippen MR) is 68.8 cm³/mol. The van der Waals surface area contributed by atoms with Gasteiger partial charge in [-0.25, -0.2) is 4.79 Å². The predicted octanol–water partition coefficient (Wildman–Crippen LogP) is 1.38. The van der Waals surface area contributed by atoms with E-state index in [1.54, 1.807) is 36.6 Å². The lowest BCUT2D eigenvalue weighted by Gasteiger charge is -2.04. The van der Waals surface area contributed by atoms with Crippen LogP contribution in [0, 0.1) is 0 Å². The highest BCUT2D eigenvalue weighted by molar-refractivity contribution is 6.04. The van der Waals surface area contributed by atoms with Crippen molar-refractivity contribution in [3.05, 3.63) is 58.4 Å². The van der Waals surface area contributed by atoms with E-state index in [9.17, 15) is 9.59 Å². The van der Waals surface area contributed by atoms with Crippen LogP contribution in [-0.2, 0) is 6.54 Å². The Morgan fingerprint density at radius 3 is 2.89 bits per heavy atom. The molecule has 0 atom stereocenters. The highest BCUT2D eigenvalue weighted by atomic mass is 16.3. The van der Waals surface area contributed by atoms with Gasteiger partial charge in [-0.15, -0.1) is 0 Å². The van der Waals surface area contributed by atoms with Gasteiger partial charge in [0.05, 0.1) is 29.4 Å². The zero-order chi connectivity index (χ0) is 13.2. The quantitative estimate of drug-likeness (QED) is 0.662. The molecule has 1 amide bonds. The number of para-hydroxylation sites is 1. The molecular formula is C13H11N3O3. The Hall–Kier alpha value is -2.76. The van der Waals surface area contributed by atoms with Crippen LogP contribution >= 0.6 is 0 Å². The average Bonchev–Trinajstić information content (AvgIpc) is 3.02. The van der Waals surface area contributed by atoms with Crippen LogP contribution in [0.1, 0.15) is 16.1 Å². The number of rotatable bonds is 3. The summed E-state index contributed by atoms with van der Waals surface area (Å²) in [4.78, 5) is 28.5. The first kappa shape index (κ1) is 11.3. The second-order valence-corrected chi connectivity index (χ2v) is 4.07. The van der Waals surface area contributed by atoms with Crippen LogP contribution in [0.15, 0.2) is 45.8 Å². The summed E-state index contributed by atoms with van der Waals surface area (Å²) in [7, 11) is 0. The first-order valence-corrected chi connectivity index (χ1v) is 5.75. The number of carbonyl (C=O) groups excluding carboxylic acids is 1. The van der Waals surface area contributed by atoms with Gasteiger partial charge >= 0.3 is 5.69 Å². The summed E-state index contributed by atoms with van der Waals surface area (Å²) in [6, 6.07) is 8.64. The molecule has 19 heavy (non-hydrogen) atoms. The molecule has 0 bridgehead atoms. The fourth-order valence-electron chi connectivity index (χ4n) is 1.92. The Bertz CT molecular complexity index is 768. The molecule has 0 aliphatic rings. The van der Waals surface area contributed by atoms with E-state index in [-0.39, 0.29) is 11.6 Å². The fraction of sp³-hybridized carbons (Fsp3) is 0.0769. The van der Waals surface area contributed by atoms with Crippen molar-refractivity contribution in [2.75, 3.05) is 0 Å². The van der Waals surface area contributed by atoms with Gasteiger partial charge in [0, 0.05) is 0 Å². The number of amides is 1. The van der Waals surface area contributed by atoms with Crippen LogP contribution in [0.25, 0.3) is 11.0 Å². The van der Waals surface area contributed by atoms with Crippen LogP contribution in [0.4, 0.5) is 0 Å². The Morgan fingerprint density at radius 1 is 1.21 bits per heavy atom. The molecule has 6 nitrogen and oxygen atoms in total. The van der Waals surface area contributed by atoms with Gasteiger partial charge in [0.1, 0.15) is 5.76 Å². The molecule has 6 heteroatoms. The molecule has 3 rings (SSSR count). The largest absolute Gasteiger partial charge is 0.467 e. The molecule has 0 saturated carbocycles. The van der Waals surface area contributed by atoms with Crippen LogP contribution < -0.4 is 11.0 Å². The summed E-state index contributed by atoms with van der Waals surface area (Å²) in [6.45, 7) is 0.302. The first-order chi connectivity index (χ1) is 9.24. The van der Waals surface area contributed by atoms with Gasteiger partial charge in [0.2, 0.25) is 0 Å². The number of nitrogens with one attached hydrogen (secondary N) is 3. The van der Waals surface area contributed by atoms with Gasteiger partial charge in [-0.1, -0.05) is 6.07 Å². The standard InChI is InChI=1S/C13H11N3O3/c17-12(14-7-8-3-2-6-19-8)9-4-1-5-10-11(9)16-13(18)15-10/h1-6H,7H2,(H,14,17)(H2,15,16,18). The molecule has 0 aliphatic carbocycles. The fourth-order valence-corrected chi connectivity index (χ4v) is 1.92. The lowest BCUT2D eigenvalue weighted by atomic mass is 10.1. The Kier molecular flexibility index (Phi) is 2.68. The molecule has 0 aliphatic heterocycles. The smallest absolute Gasteiger partial charge is 0.323 e. The minimum Gasteiger partial charge on any atom is -0.467 e. The van der Waals surface area contributed by atoms with Crippen molar-refractivity contribution in [1.29, 1.82) is 0 Å². The molecule has 0 unspecified atom stereocenters. The molecular weight excluding hydrogens is 246 g/mol. The molecule has 2 heterocycles. The number of benzene rings is 1. The van der Waals surface area contributed by atoms with Gasteiger partial charge in [-0.2, -0.15) is 0 Å². The molecule has 1 aromatic carbocycles. The highest BCUT2D eigenvalue weighted by Crippen LogP contribution is 2.13. The third-order valence-corrected chi connectivity index (χ3v) is 2.80. The third kappa shape index (κ3) is 2.15. The molecule has 96 valence electrons. The number of aromatic nitrogens is 2. The molecule has 0 radical (unpaired) electrons. The maximum Gasteiger partial charge on any atom is 0.323 e. The van der Waals surface area contributed by atoms with E-state index in [1.165, 1.54) is 0 Å². The molecule has 2 aromatic heterocycles. The number of furan rings is 1. The van der Waals surface area contributed by atoms with Gasteiger partial charge < -0.3 is 19.7 Å². The van der Waals surface area contributed by atoms with Gasteiger partial charge in [-0.3, -0.25) is 4.79 Å². The molecule has 3 aromatic rings. The van der Waals surface area contributed by atoms with Crippen molar-refractivity contribution in [2.24, 2.45) is 0 Å². The molecule has 0 fully saturated rings. The summed E-state index contributed by atoms with van der Waals surface area (Å²) < 4.78 is 5.13. The van der Waals surface area contributed by atoms with Crippen molar-refractivity contribution in [3.63, 3.8) is 0 Å². The lowest BCUT2D eigenvalue weighted by Crippen LogP contribution is -2.22. The number of carbonyl (C=O) groups is 1. The average molecular weight is 257 g/mol. The maximum atomic E-state index is 12.1. The minimum atomic E-state index is -0.332. The highest BCUT2D eigenvalue weighted by Gasteiger charge is 2.12. The van der Waals surface area contributed by atoms with Crippen molar-refractivity contribution in [3.8, 4) is 0 Å². The summed E-state index contributed by atoms with van der Waals surface area (Å²) in [5, 5.41) is 2.73. The van der Waals surface area contributed by atoms with Crippen LogP contribution in [0.2, 0.25) is 0 Å². The number of H-pyrrole nitrogens is 2. The number of imidazole rings is 1. The second-order valence-electron chi connectivity index (χ2n) is 4.07. The molecule has 3 N–H and O–H groups in total. The monoisotopic (exact) mass is 257 g/mol. The minimum absolute atomic E-state index is 0.266. The van der Waals surface area contributed by atoms with E-state index >= 15 is 0 Å². The Balaban J connectivity index is 1.87. The third-order valence-electron chi connectivity index (χ3n) is 2.80. The Labute approximate surface area is 107 Å². The molecule has 0 saturated heterocycles. The van der Waals surface area contributed by atoms with E-state index in [4.69, 9.17) is 4.42 Å². The van der Waals surface area contributed by atoms with E-state index < -0.39 is 0 Å². The van der Waals surface area contributed by atoms with E-state index in [0.29, 0.717) is 28.9 Å². The summed E-state index contributed by atoms with van der Waals surface area (Å²) >= 11 is 0.